The Morgan fingerprint density at radius 3 is 2.00 bits per heavy atom. The highest BCUT2D eigenvalue weighted by Crippen LogP contribution is 2.54. The summed E-state index contributed by atoms with van der Waals surface area (Å²) in [6.07, 6.45) is 1.07. The van der Waals surface area contributed by atoms with E-state index in [1.54, 1.807) is 0 Å². The number of hydrogen-bond acceptors (Lipinski definition) is 1. The van der Waals surface area contributed by atoms with Crippen molar-refractivity contribution in [1.82, 2.24) is 0 Å². The molecule has 0 aliphatic heterocycles. The molecule has 1 fully saturated rings. The summed E-state index contributed by atoms with van der Waals surface area (Å²) in [4.78, 5) is 15.6. The Morgan fingerprint density at radius 1 is 0.767 bits per heavy atom. The van der Waals surface area contributed by atoms with Gasteiger partial charge in [-0.1, -0.05) is 85.8 Å². The fourth-order valence-corrected chi connectivity index (χ4v) is 4.64. The molecule has 0 heterocycles. The maximum absolute atomic E-state index is 13.7. The van der Waals surface area contributed by atoms with E-state index in [1.165, 1.54) is 16.3 Å². The Bertz CT molecular complexity index is 1120. The van der Waals surface area contributed by atoms with Gasteiger partial charge < -0.3 is 0 Å². The van der Waals surface area contributed by atoms with Crippen molar-refractivity contribution >= 4 is 28.1 Å². The van der Waals surface area contributed by atoms with Gasteiger partial charge in [0.05, 0.1) is 0 Å². The number of carbonyl (C=O) groups is 1. The smallest absolute Gasteiger partial charge is 0.234 e. The van der Waals surface area contributed by atoms with Crippen LogP contribution in [0.1, 0.15) is 24.8 Å². The Balaban J connectivity index is 1.44. The molecule has 30 heavy (non-hydrogen) atoms. The molecule has 0 radical (unpaired) electrons. The van der Waals surface area contributed by atoms with Crippen molar-refractivity contribution in [3.8, 4) is 0 Å². The molecule has 148 valence electrons. The zero-order valence-corrected chi connectivity index (χ0v) is 17.1. The summed E-state index contributed by atoms with van der Waals surface area (Å²) in [6.45, 7) is 2.09. The molecular formula is C28H25NO. The van der Waals surface area contributed by atoms with E-state index in [9.17, 15) is 4.79 Å². The largest absolute Gasteiger partial charge is 0.281 e. The Labute approximate surface area is 177 Å². The molecule has 0 unspecified atom stereocenters. The highest BCUT2D eigenvalue weighted by Gasteiger charge is 2.46. The van der Waals surface area contributed by atoms with E-state index in [-0.39, 0.29) is 11.8 Å². The summed E-state index contributed by atoms with van der Waals surface area (Å²) >= 11 is 0. The second-order valence-electron chi connectivity index (χ2n) is 8.21. The third-order valence-corrected chi connectivity index (χ3v) is 6.34. The lowest BCUT2D eigenvalue weighted by molar-refractivity contribution is -0.121. The van der Waals surface area contributed by atoms with Gasteiger partial charge in [0.25, 0.3) is 0 Å². The fourth-order valence-electron chi connectivity index (χ4n) is 4.64. The Kier molecular flexibility index (Phi) is 4.84. The zero-order valence-electron chi connectivity index (χ0n) is 17.1. The SMILES string of the molecule is C[C@H](C(=O)N(c1ccccc1)c1ccccc1)[C@@H]1C[C@H]1c1cccc2ccccc12. The first-order chi connectivity index (χ1) is 14.7. The number of fused-ring (bicyclic) bond motifs is 1. The molecule has 3 atom stereocenters. The minimum Gasteiger partial charge on any atom is -0.281 e. The number of amides is 1. The van der Waals surface area contributed by atoms with Crippen LogP contribution in [0.4, 0.5) is 11.4 Å². The van der Waals surface area contributed by atoms with Crippen molar-refractivity contribution in [2.75, 3.05) is 4.90 Å². The summed E-state index contributed by atoms with van der Waals surface area (Å²) in [5, 5.41) is 2.59. The lowest BCUT2D eigenvalue weighted by Crippen LogP contribution is -2.32. The number of hydrogen-bond donors (Lipinski definition) is 0. The summed E-state index contributed by atoms with van der Waals surface area (Å²) in [7, 11) is 0. The van der Waals surface area contributed by atoms with Crippen LogP contribution in [0.25, 0.3) is 10.8 Å². The molecule has 1 aliphatic carbocycles. The lowest BCUT2D eigenvalue weighted by atomic mass is 9.95. The second-order valence-corrected chi connectivity index (χ2v) is 8.21. The summed E-state index contributed by atoms with van der Waals surface area (Å²) < 4.78 is 0. The van der Waals surface area contributed by atoms with Gasteiger partial charge in [0.2, 0.25) is 5.91 Å². The van der Waals surface area contributed by atoms with Crippen LogP contribution >= 0.6 is 0 Å². The van der Waals surface area contributed by atoms with Crippen LogP contribution in [0.15, 0.2) is 103 Å². The van der Waals surface area contributed by atoms with E-state index in [2.05, 4.69) is 49.4 Å². The highest BCUT2D eigenvalue weighted by atomic mass is 16.2. The minimum absolute atomic E-state index is 0.0469. The van der Waals surface area contributed by atoms with Crippen LogP contribution in [0, 0.1) is 11.8 Å². The first kappa shape index (κ1) is 18.6. The van der Waals surface area contributed by atoms with Crippen molar-refractivity contribution in [2.24, 2.45) is 11.8 Å². The zero-order chi connectivity index (χ0) is 20.5. The predicted octanol–water partition coefficient (Wildman–Crippen LogP) is 6.94. The molecule has 4 aromatic rings. The fraction of sp³-hybridized carbons (Fsp3) is 0.179. The van der Waals surface area contributed by atoms with Crippen LogP contribution in [0.2, 0.25) is 0 Å². The van der Waals surface area contributed by atoms with Crippen molar-refractivity contribution in [2.45, 2.75) is 19.3 Å². The first-order valence-electron chi connectivity index (χ1n) is 10.7. The maximum Gasteiger partial charge on any atom is 0.234 e. The van der Waals surface area contributed by atoms with Gasteiger partial charge in [0.15, 0.2) is 0 Å². The summed E-state index contributed by atoms with van der Waals surface area (Å²) in [5.74, 6) is 0.941. The number of para-hydroxylation sites is 2. The molecule has 0 saturated heterocycles. The number of benzene rings is 4. The molecule has 1 amide bonds. The average Bonchev–Trinajstić information content (AvgIpc) is 3.60. The molecule has 0 spiro atoms. The third kappa shape index (κ3) is 3.39. The van der Waals surface area contributed by atoms with Crippen molar-refractivity contribution < 1.29 is 4.79 Å². The average molecular weight is 392 g/mol. The topological polar surface area (TPSA) is 20.3 Å². The van der Waals surface area contributed by atoms with Gasteiger partial charge >= 0.3 is 0 Å². The van der Waals surface area contributed by atoms with E-state index in [0.717, 1.165) is 17.8 Å². The van der Waals surface area contributed by atoms with Gasteiger partial charge in [0, 0.05) is 17.3 Å². The summed E-state index contributed by atoms with van der Waals surface area (Å²) in [6, 6.07) is 35.0. The van der Waals surface area contributed by atoms with Gasteiger partial charge in [-0.2, -0.15) is 0 Å². The molecule has 1 aliphatic rings. The number of nitrogens with zero attached hydrogens (tertiary/aromatic N) is 1. The van der Waals surface area contributed by atoms with E-state index >= 15 is 0 Å². The van der Waals surface area contributed by atoms with Gasteiger partial charge in [0.1, 0.15) is 0 Å². The van der Waals surface area contributed by atoms with E-state index in [4.69, 9.17) is 0 Å². The maximum atomic E-state index is 13.7. The highest BCUT2D eigenvalue weighted by molar-refractivity contribution is 6.02. The summed E-state index contributed by atoms with van der Waals surface area (Å²) in [5.41, 5.74) is 3.22. The lowest BCUT2D eigenvalue weighted by Gasteiger charge is -2.26. The number of carbonyl (C=O) groups excluding carboxylic acids is 1. The van der Waals surface area contributed by atoms with Gasteiger partial charge in [-0.25, -0.2) is 0 Å². The van der Waals surface area contributed by atoms with E-state index < -0.39 is 0 Å². The molecule has 4 aromatic carbocycles. The number of anilines is 2. The Hall–Kier alpha value is -3.39. The van der Waals surface area contributed by atoms with Gasteiger partial charge in [-0.3, -0.25) is 9.69 Å². The monoisotopic (exact) mass is 391 g/mol. The van der Waals surface area contributed by atoms with E-state index in [0.29, 0.717) is 11.8 Å². The van der Waals surface area contributed by atoms with Gasteiger partial charge in [-0.05, 0) is 58.9 Å². The molecule has 0 N–H and O–H groups in total. The molecule has 0 aromatic heterocycles. The quantitative estimate of drug-likeness (QED) is 0.361. The van der Waals surface area contributed by atoms with E-state index in [1.807, 2.05) is 65.6 Å². The van der Waals surface area contributed by atoms with Crippen molar-refractivity contribution in [1.29, 1.82) is 0 Å². The van der Waals surface area contributed by atoms with Crippen LogP contribution in [0.3, 0.4) is 0 Å². The standard InChI is InChI=1S/C28H25NO/c1-20(26-19-27(26)25-18-10-12-21-11-8-9-17-24(21)25)28(30)29(22-13-4-2-5-14-22)23-15-6-3-7-16-23/h2-18,20,26-27H,19H2,1H3/t20-,26-,27-/m0/s1. The second kappa shape index (κ2) is 7.79. The normalized spacial score (nSPS) is 18.7. The predicted molar refractivity (Wildman–Crippen MR) is 124 cm³/mol. The first-order valence-corrected chi connectivity index (χ1v) is 10.7. The molecular weight excluding hydrogens is 366 g/mol. The van der Waals surface area contributed by atoms with Crippen molar-refractivity contribution in [3.63, 3.8) is 0 Å². The number of rotatable bonds is 5. The Morgan fingerprint density at radius 2 is 1.33 bits per heavy atom. The molecule has 2 nitrogen and oxygen atoms in total. The molecule has 1 saturated carbocycles. The van der Waals surface area contributed by atoms with Crippen LogP contribution < -0.4 is 4.90 Å². The molecule has 2 heteroatoms. The third-order valence-electron chi connectivity index (χ3n) is 6.34. The minimum atomic E-state index is -0.0469. The van der Waals surface area contributed by atoms with Crippen LogP contribution in [-0.4, -0.2) is 5.91 Å². The van der Waals surface area contributed by atoms with Gasteiger partial charge in [-0.15, -0.1) is 0 Å². The van der Waals surface area contributed by atoms with Crippen molar-refractivity contribution in [3.05, 3.63) is 109 Å². The van der Waals surface area contributed by atoms with Crippen LogP contribution in [0.5, 0.6) is 0 Å². The molecule has 5 rings (SSSR count). The molecule has 0 bridgehead atoms. The van der Waals surface area contributed by atoms with Crippen LogP contribution in [-0.2, 0) is 4.79 Å².